The molecule has 0 aliphatic heterocycles. The van der Waals surface area contributed by atoms with E-state index in [1.165, 1.54) is 0 Å². The van der Waals surface area contributed by atoms with Crippen molar-refractivity contribution in [2.75, 3.05) is 7.11 Å². The first kappa shape index (κ1) is 13.5. The number of thiophene rings is 1. The first-order valence-corrected chi connectivity index (χ1v) is 7.84. The van der Waals surface area contributed by atoms with Crippen LogP contribution in [-0.2, 0) is 0 Å². The predicted octanol–water partition coefficient (Wildman–Crippen LogP) is 4.43. The van der Waals surface area contributed by atoms with E-state index in [0.29, 0.717) is 4.77 Å². The summed E-state index contributed by atoms with van der Waals surface area (Å²) in [7, 11) is 1.64. The Bertz CT molecular complexity index is 792. The Kier molecular flexibility index (Phi) is 3.73. The minimum atomic E-state index is 0.532. The summed E-state index contributed by atoms with van der Waals surface area (Å²) in [5.41, 5.74) is 0.851. The van der Waals surface area contributed by atoms with Crippen LogP contribution in [0.2, 0.25) is 0 Å². The Morgan fingerprint density at radius 1 is 1.40 bits per heavy atom. The van der Waals surface area contributed by atoms with Gasteiger partial charge in [0.15, 0.2) is 10.6 Å². The lowest BCUT2D eigenvalue weighted by Crippen LogP contribution is -2.00. The Balaban J connectivity index is 2.28. The lowest BCUT2D eigenvalue weighted by molar-refractivity contribution is 0.413. The minimum Gasteiger partial charge on any atom is -0.495 e. The number of hydrogen-bond acceptors (Lipinski definition) is 4. The number of aromatic nitrogens is 3. The molecule has 0 radical (unpaired) electrons. The quantitative estimate of drug-likeness (QED) is 0.696. The molecule has 0 amide bonds. The van der Waals surface area contributed by atoms with Crippen LogP contribution in [0.3, 0.4) is 0 Å². The third kappa shape index (κ3) is 2.32. The molecule has 0 aliphatic rings. The van der Waals surface area contributed by atoms with Gasteiger partial charge in [0, 0.05) is 4.47 Å². The Morgan fingerprint density at radius 2 is 2.25 bits per heavy atom. The molecule has 4 nitrogen and oxygen atoms in total. The SMILES string of the molecule is COc1ccc(Br)cc1-n1c(-c2cccs2)n[nH]c1=S. The fraction of sp³-hybridized carbons (Fsp3) is 0.0769. The number of rotatable bonds is 3. The van der Waals surface area contributed by atoms with E-state index < -0.39 is 0 Å². The van der Waals surface area contributed by atoms with E-state index in [1.54, 1.807) is 18.4 Å². The number of ether oxygens (including phenoxy) is 1. The van der Waals surface area contributed by atoms with Crippen LogP contribution in [0.25, 0.3) is 16.4 Å². The van der Waals surface area contributed by atoms with Crippen molar-refractivity contribution in [3.05, 3.63) is 45.0 Å². The molecule has 1 N–H and O–H groups in total. The number of benzene rings is 1. The van der Waals surface area contributed by atoms with E-state index in [0.717, 1.165) is 26.6 Å². The van der Waals surface area contributed by atoms with Crippen LogP contribution in [0.5, 0.6) is 5.75 Å². The van der Waals surface area contributed by atoms with Crippen LogP contribution >= 0.6 is 39.5 Å². The molecule has 0 saturated carbocycles. The fourth-order valence-corrected chi connectivity index (χ4v) is 3.21. The second-order valence-electron chi connectivity index (χ2n) is 3.98. The molecule has 0 fully saturated rings. The van der Waals surface area contributed by atoms with Crippen molar-refractivity contribution in [2.24, 2.45) is 0 Å². The van der Waals surface area contributed by atoms with Gasteiger partial charge in [0.1, 0.15) is 5.75 Å². The average Bonchev–Trinajstić information content (AvgIpc) is 3.07. The predicted molar refractivity (Wildman–Crippen MR) is 86.3 cm³/mol. The molecule has 0 unspecified atom stereocenters. The Labute approximate surface area is 133 Å². The molecule has 1 aromatic carbocycles. The zero-order valence-electron chi connectivity index (χ0n) is 10.5. The summed E-state index contributed by atoms with van der Waals surface area (Å²) < 4.78 is 8.79. The highest BCUT2D eigenvalue weighted by Gasteiger charge is 2.15. The van der Waals surface area contributed by atoms with Crippen molar-refractivity contribution >= 4 is 39.5 Å². The first-order valence-electron chi connectivity index (χ1n) is 5.76. The molecule has 0 spiro atoms. The van der Waals surface area contributed by atoms with Gasteiger partial charge in [0.25, 0.3) is 0 Å². The van der Waals surface area contributed by atoms with Crippen LogP contribution in [0, 0.1) is 4.77 Å². The van der Waals surface area contributed by atoms with Gasteiger partial charge < -0.3 is 4.74 Å². The van der Waals surface area contributed by atoms with Crippen LogP contribution in [-0.4, -0.2) is 21.9 Å². The number of aromatic amines is 1. The summed E-state index contributed by atoms with van der Waals surface area (Å²) in [6.45, 7) is 0. The largest absolute Gasteiger partial charge is 0.495 e. The normalized spacial score (nSPS) is 10.7. The van der Waals surface area contributed by atoms with Gasteiger partial charge in [0.05, 0.1) is 17.7 Å². The summed E-state index contributed by atoms with van der Waals surface area (Å²) in [4.78, 5) is 1.04. The van der Waals surface area contributed by atoms with E-state index >= 15 is 0 Å². The Hall–Kier alpha value is -1.44. The summed E-state index contributed by atoms with van der Waals surface area (Å²) in [6, 6.07) is 9.78. The van der Waals surface area contributed by atoms with Gasteiger partial charge in [-0.1, -0.05) is 22.0 Å². The van der Waals surface area contributed by atoms with E-state index in [1.807, 2.05) is 40.3 Å². The van der Waals surface area contributed by atoms with Gasteiger partial charge in [-0.3, -0.25) is 9.67 Å². The molecule has 0 atom stereocenters. The van der Waals surface area contributed by atoms with Gasteiger partial charge >= 0.3 is 0 Å². The number of H-pyrrole nitrogens is 1. The maximum Gasteiger partial charge on any atom is 0.200 e. The van der Waals surface area contributed by atoms with Crippen molar-refractivity contribution < 1.29 is 4.74 Å². The van der Waals surface area contributed by atoms with Crippen molar-refractivity contribution in [3.8, 4) is 22.1 Å². The van der Waals surface area contributed by atoms with Gasteiger partial charge in [-0.05, 0) is 41.9 Å². The monoisotopic (exact) mass is 367 g/mol. The lowest BCUT2D eigenvalue weighted by Gasteiger charge is -2.11. The van der Waals surface area contributed by atoms with Crippen molar-refractivity contribution in [1.82, 2.24) is 14.8 Å². The second kappa shape index (κ2) is 5.51. The molecule has 20 heavy (non-hydrogen) atoms. The topological polar surface area (TPSA) is 42.8 Å². The summed E-state index contributed by atoms with van der Waals surface area (Å²) >= 11 is 10.4. The fourth-order valence-electron chi connectivity index (χ4n) is 1.93. The zero-order chi connectivity index (χ0) is 14.1. The maximum absolute atomic E-state index is 5.43. The van der Waals surface area contributed by atoms with Crippen molar-refractivity contribution in [1.29, 1.82) is 0 Å². The smallest absolute Gasteiger partial charge is 0.200 e. The summed E-state index contributed by atoms with van der Waals surface area (Å²) in [5, 5.41) is 9.18. The molecule has 3 aromatic rings. The van der Waals surface area contributed by atoms with Gasteiger partial charge in [-0.25, -0.2) is 0 Å². The standard InChI is InChI=1S/C13H10BrN3OS2/c1-18-10-5-4-8(14)7-9(10)17-12(15-16-13(17)19)11-3-2-6-20-11/h2-7H,1H3,(H,16,19). The Morgan fingerprint density at radius 3 is 2.95 bits per heavy atom. The minimum absolute atomic E-state index is 0.532. The van der Waals surface area contributed by atoms with Gasteiger partial charge in [-0.15, -0.1) is 11.3 Å². The highest BCUT2D eigenvalue weighted by molar-refractivity contribution is 9.10. The van der Waals surface area contributed by atoms with Crippen molar-refractivity contribution in [3.63, 3.8) is 0 Å². The molecule has 0 saturated heterocycles. The van der Waals surface area contributed by atoms with Gasteiger partial charge in [-0.2, -0.15) is 5.10 Å². The molecule has 2 heterocycles. The molecule has 0 bridgehead atoms. The molecule has 2 aromatic heterocycles. The van der Waals surface area contributed by atoms with Crippen molar-refractivity contribution in [2.45, 2.75) is 0 Å². The number of halogens is 1. The number of methoxy groups -OCH3 is 1. The van der Waals surface area contributed by atoms with E-state index in [9.17, 15) is 0 Å². The molecular weight excluding hydrogens is 358 g/mol. The third-order valence-electron chi connectivity index (χ3n) is 2.80. The molecule has 102 valence electrons. The van der Waals surface area contributed by atoms with Crippen LogP contribution in [0.4, 0.5) is 0 Å². The summed E-state index contributed by atoms with van der Waals surface area (Å²) in [5.74, 6) is 1.52. The van der Waals surface area contributed by atoms with Crippen LogP contribution < -0.4 is 4.74 Å². The van der Waals surface area contributed by atoms with Gasteiger partial charge in [0.2, 0.25) is 0 Å². The first-order chi connectivity index (χ1) is 9.70. The molecule has 3 rings (SSSR count). The third-order valence-corrected chi connectivity index (χ3v) is 4.43. The molecular formula is C13H10BrN3OS2. The molecule has 7 heteroatoms. The number of nitrogens with one attached hydrogen (secondary N) is 1. The number of hydrogen-bond donors (Lipinski definition) is 1. The highest BCUT2D eigenvalue weighted by atomic mass is 79.9. The van der Waals surface area contributed by atoms with E-state index in [2.05, 4.69) is 26.1 Å². The van der Waals surface area contributed by atoms with E-state index in [4.69, 9.17) is 17.0 Å². The summed E-state index contributed by atoms with van der Waals surface area (Å²) in [6.07, 6.45) is 0. The van der Waals surface area contributed by atoms with E-state index in [-0.39, 0.29) is 0 Å². The average molecular weight is 368 g/mol. The van der Waals surface area contributed by atoms with Crippen LogP contribution in [0.1, 0.15) is 0 Å². The highest BCUT2D eigenvalue weighted by Crippen LogP contribution is 2.31. The number of nitrogens with zero attached hydrogens (tertiary/aromatic N) is 2. The maximum atomic E-state index is 5.43. The van der Waals surface area contributed by atoms with Crippen LogP contribution in [0.15, 0.2) is 40.2 Å². The zero-order valence-corrected chi connectivity index (χ0v) is 13.7. The second-order valence-corrected chi connectivity index (χ2v) is 6.23. The lowest BCUT2D eigenvalue weighted by atomic mass is 10.3. The molecule has 0 aliphatic carbocycles.